The highest BCUT2D eigenvalue weighted by Crippen LogP contribution is 2.40. The molecule has 0 saturated heterocycles. The van der Waals surface area contributed by atoms with Gasteiger partial charge in [-0.1, -0.05) is 0 Å². The third-order valence-electron chi connectivity index (χ3n) is 5.34. The van der Waals surface area contributed by atoms with Crippen molar-refractivity contribution in [2.45, 2.75) is 45.3 Å². The van der Waals surface area contributed by atoms with Gasteiger partial charge < -0.3 is 19.9 Å². The summed E-state index contributed by atoms with van der Waals surface area (Å²) in [6.07, 6.45) is 5.59. The van der Waals surface area contributed by atoms with Crippen LogP contribution in [0.4, 0.5) is 8.78 Å². The molecule has 3 aromatic rings. The van der Waals surface area contributed by atoms with E-state index >= 15 is 0 Å². The highest BCUT2D eigenvalue weighted by Gasteiger charge is 2.29. The molecule has 4 rings (SSSR count). The van der Waals surface area contributed by atoms with E-state index in [0.717, 1.165) is 12.8 Å². The number of ether oxygens (including phenoxy) is 3. The molecular weight excluding hydrogens is 432 g/mol. The lowest BCUT2D eigenvalue weighted by Gasteiger charge is -2.19. The smallest absolute Gasteiger partial charge is 0.387 e. The van der Waals surface area contributed by atoms with Crippen LogP contribution in [0.2, 0.25) is 0 Å². The van der Waals surface area contributed by atoms with Crippen LogP contribution in [-0.4, -0.2) is 41.0 Å². The van der Waals surface area contributed by atoms with Gasteiger partial charge in [-0.3, -0.25) is 9.20 Å². The van der Waals surface area contributed by atoms with Crippen molar-refractivity contribution in [2.75, 3.05) is 13.7 Å². The lowest BCUT2D eigenvalue weighted by atomic mass is 10.00. The molecule has 9 heteroatoms. The van der Waals surface area contributed by atoms with Gasteiger partial charge in [0.1, 0.15) is 35.1 Å². The summed E-state index contributed by atoms with van der Waals surface area (Å²) in [5.74, 6) is 0.623. The third kappa shape index (κ3) is 5.42. The predicted octanol–water partition coefficient (Wildman–Crippen LogP) is 4.71. The first-order valence-electron chi connectivity index (χ1n) is 10.7. The van der Waals surface area contributed by atoms with E-state index in [-0.39, 0.29) is 29.3 Å². The Kier molecular flexibility index (Phi) is 6.25. The number of fused-ring (bicyclic) bond motifs is 1. The highest BCUT2D eigenvalue weighted by atomic mass is 19.3. The molecule has 33 heavy (non-hydrogen) atoms. The van der Waals surface area contributed by atoms with Crippen molar-refractivity contribution in [3.8, 4) is 28.5 Å². The van der Waals surface area contributed by atoms with Crippen molar-refractivity contribution in [3.63, 3.8) is 0 Å². The van der Waals surface area contributed by atoms with Crippen LogP contribution in [0.5, 0.6) is 17.2 Å². The second kappa shape index (κ2) is 8.97. The van der Waals surface area contributed by atoms with Crippen LogP contribution in [-0.2, 0) is 0 Å². The normalized spacial score (nSPS) is 14.0. The van der Waals surface area contributed by atoms with E-state index in [1.165, 1.54) is 13.2 Å². The summed E-state index contributed by atoms with van der Waals surface area (Å²) in [5, 5.41) is 0. The van der Waals surface area contributed by atoms with E-state index in [2.05, 4.69) is 4.98 Å². The van der Waals surface area contributed by atoms with E-state index in [1.54, 1.807) is 35.0 Å². The second-order valence-electron chi connectivity index (χ2n) is 9.01. The molecule has 2 aromatic heterocycles. The monoisotopic (exact) mass is 459 g/mol. The molecular formula is C24H27F2N3O4. The number of alkyl halides is 2. The van der Waals surface area contributed by atoms with E-state index in [0.29, 0.717) is 35.2 Å². The quantitative estimate of drug-likeness (QED) is 0.442. The molecule has 0 atom stereocenters. The summed E-state index contributed by atoms with van der Waals surface area (Å²) in [5.41, 5.74) is 7.27. The minimum atomic E-state index is -3.08. The van der Waals surface area contributed by atoms with Crippen LogP contribution < -0.4 is 19.9 Å². The molecule has 1 aliphatic carbocycles. The van der Waals surface area contributed by atoms with Crippen LogP contribution in [0.25, 0.3) is 16.9 Å². The lowest BCUT2D eigenvalue weighted by Crippen LogP contribution is -2.38. The Hall–Kier alpha value is -3.20. The third-order valence-corrected chi connectivity index (χ3v) is 5.34. The molecule has 0 bridgehead atoms. The van der Waals surface area contributed by atoms with Gasteiger partial charge >= 0.3 is 6.61 Å². The van der Waals surface area contributed by atoms with Crippen LogP contribution in [0.1, 0.15) is 43.5 Å². The number of hydrogen-bond donors (Lipinski definition) is 1. The molecule has 2 heterocycles. The Morgan fingerprint density at radius 2 is 2.00 bits per heavy atom. The summed E-state index contributed by atoms with van der Waals surface area (Å²) in [6.45, 7) is 0.986. The fraction of sp³-hybridized carbons (Fsp3) is 0.417. The molecule has 176 valence electrons. The summed E-state index contributed by atoms with van der Waals surface area (Å²) in [4.78, 5) is 17.2. The molecule has 0 spiro atoms. The zero-order chi connectivity index (χ0) is 23.8. The number of carbonyl (C=O) groups is 1. The summed E-state index contributed by atoms with van der Waals surface area (Å²) in [7, 11) is 1.40. The molecule has 0 unspecified atom stereocenters. The maximum absolute atomic E-state index is 13.2. The first-order valence-corrected chi connectivity index (χ1v) is 10.7. The maximum Gasteiger partial charge on any atom is 0.387 e. The molecule has 1 aliphatic rings. The Balaban J connectivity index is 1.72. The number of aromatic nitrogens is 2. The number of nitrogens with two attached hydrogens (primary N) is 1. The number of ketones is 1. The van der Waals surface area contributed by atoms with Crippen LogP contribution in [0.3, 0.4) is 0 Å². The van der Waals surface area contributed by atoms with E-state index in [1.807, 2.05) is 13.8 Å². The SMILES string of the molecule is COc1cc(-c2cnc3cc(OCC(C)(C)N)ccn23)cc(OC(F)F)c1C(=O)CC1CC1. The lowest BCUT2D eigenvalue weighted by molar-refractivity contribution is -0.0502. The number of methoxy groups -OCH3 is 1. The second-order valence-corrected chi connectivity index (χ2v) is 9.01. The first-order chi connectivity index (χ1) is 15.6. The average Bonchev–Trinajstić information content (AvgIpc) is 3.45. The number of hydrogen-bond acceptors (Lipinski definition) is 6. The number of Topliss-reactive ketones (excluding diaryl/α,β-unsaturated/α-hetero) is 1. The average molecular weight is 459 g/mol. The molecule has 1 saturated carbocycles. The standard InChI is InChI=1S/C24H27F2N3O4/c1-24(2,27)13-32-16-6-7-29-17(12-28-21(29)11-16)15-9-19(31-3)22(18(30)8-14-4-5-14)20(10-15)33-23(25)26/h6-7,9-12,14,23H,4-5,8,13,27H2,1-3H3. The van der Waals surface area contributed by atoms with Gasteiger partial charge in [0.2, 0.25) is 0 Å². The van der Waals surface area contributed by atoms with E-state index in [4.69, 9.17) is 19.9 Å². The molecule has 7 nitrogen and oxygen atoms in total. The van der Waals surface area contributed by atoms with Gasteiger partial charge in [-0.2, -0.15) is 8.78 Å². The number of carbonyl (C=O) groups excluding carboxylic acids is 1. The largest absolute Gasteiger partial charge is 0.496 e. The number of benzene rings is 1. The molecule has 1 fully saturated rings. The van der Waals surface area contributed by atoms with Gasteiger partial charge in [0, 0.05) is 29.8 Å². The van der Waals surface area contributed by atoms with Crippen molar-refractivity contribution in [2.24, 2.45) is 11.7 Å². The molecule has 0 aliphatic heterocycles. The maximum atomic E-state index is 13.2. The predicted molar refractivity (Wildman–Crippen MR) is 119 cm³/mol. The fourth-order valence-electron chi connectivity index (χ4n) is 3.58. The van der Waals surface area contributed by atoms with Crippen molar-refractivity contribution in [3.05, 3.63) is 42.2 Å². The zero-order valence-electron chi connectivity index (χ0n) is 18.8. The minimum absolute atomic E-state index is 0.0438. The van der Waals surface area contributed by atoms with Gasteiger partial charge in [0.05, 0.1) is 19.0 Å². The van der Waals surface area contributed by atoms with Crippen molar-refractivity contribution in [1.29, 1.82) is 0 Å². The van der Waals surface area contributed by atoms with Crippen LogP contribution in [0, 0.1) is 5.92 Å². The zero-order valence-corrected chi connectivity index (χ0v) is 18.8. The van der Waals surface area contributed by atoms with Gasteiger partial charge in [-0.05, 0) is 50.8 Å². The number of halogens is 2. The van der Waals surface area contributed by atoms with Gasteiger partial charge in [0.25, 0.3) is 0 Å². The summed E-state index contributed by atoms with van der Waals surface area (Å²) in [6, 6.07) is 6.60. The Bertz CT molecular complexity index is 1170. The molecule has 1 aromatic carbocycles. The Morgan fingerprint density at radius 1 is 1.27 bits per heavy atom. The Labute approximate surface area is 190 Å². The number of nitrogens with zero attached hydrogens (tertiary/aromatic N) is 2. The number of rotatable bonds is 10. The van der Waals surface area contributed by atoms with Crippen molar-refractivity contribution < 1.29 is 27.8 Å². The number of pyridine rings is 1. The van der Waals surface area contributed by atoms with E-state index in [9.17, 15) is 13.6 Å². The Morgan fingerprint density at radius 3 is 2.64 bits per heavy atom. The first kappa shape index (κ1) is 23.0. The molecule has 2 N–H and O–H groups in total. The molecule has 0 radical (unpaired) electrons. The van der Waals surface area contributed by atoms with E-state index < -0.39 is 12.2 Å². The van der Waals surface area contributed by atoms with Gasteiger partial charge in [-0.25, -0.2) is 4.98 Å². The summed E-state index contributed by atoms with van der Waals surface area (Å²) >= 11 is 0. The highest BCUT2D eigenvalue weighted by molar-refractivity contribution is 6.02. The minimum Gasteiger partial charge on any atom is -0.496 e. The summed E-state index contributed by atoms with van der Waals surface area (Å²) < 4.78 is 44.1. The molecule has 0 amide bonds. The van der Waals surface area contributed by atoms with Crippen molar-refractivity contribution in [1.82, 2.24) is 9.38 Å². The topological polar surface area (TPSA) is 88.1 Å². The number of imidazole rings is 1. The van der Waals surface area contributed by atoms with Crippen LogP contribution in [0.15, 0.2) is 36.7 Å². The van der Waals surface area contributed by atoms with Gasteiger partial charge in [-0.15, -0.1) is 0 Å². The fourth-order valence-corrected chi connectivity index (χ4v) is 3.58. The van der Waals surface area contributed by atoms with Gasteiger partial charge in [0.15, 0.2) is 5.78 Å². The van der Waals surface area contributed by atoms with Crippen molar-refractivity contribution >= 4 is 11.4 Å². The van der Waals surface area contributed by atoms with Crippen LogP contribution >= 0.6 is 0 Å².